The number of amides is 1. The number of anilines is 3. The lowest BCUT2D eigenvalue weighted by Crippen LogP contribution is -2.45. The van der Waals surface area contributed by atoms with E-state index >= 15 is 0 Å². The van der Waals surface area contributed by atoms with Crippen molar-refractivity contribution in [3.63, 3.8) is 0 Å². The minimum Gasteiger partial charge on any atom is -0.367 e. The van der Waals surface area contributed by atoms with Gasteiger partial charge in [-0.1, -0.05) is 17.7 Å². The first-order valence-electron chi connectivity index (χ1n) is 10.7. The van der Waals surface area contributed by atoms with E-state index in [9.17, 15) is 18.0 Å². The molecule has 1 aromatic carbocycles. The van der Waals surface area contributed by atoms with Gasteiger partial charge in [-0.25, -0.2) is 4.98 Å². The molecule has 0 spiro atoms. The van der Waals surface area contributed by atoms with Crippen LogP contribution in [0, 0.1) is 0 Å². The predicted octanol–water partition coefficient (Wildman–Crippen LogP) is 4.68. The van der Waals surface area contributed by atoms with Crippen LogP contribution in [0.25, 0.3) is 11.1 Å². The zero-order valence-electron chi connectivity index (χ0n) is 18.2. The lowest BCUT2D eigenvalue weighted by molar-refractivity contribution is -0.174. The summed E-state index contributed by atoms with van der Waals surface area (Å²) in [6.07, 6.45) is 2.39. The third kappa shape index (κ3) is 5.96. The van der Waals surface area contributed by atoms with Crippen LogP contribution in [0.1, 0.15) is 25.7 Å². The maximum atomic E-state index is 12.5. The highest BCUT2D eigenvalue weighted by Gasteiger charge is 2.40. The van der Waals surface area contributed by atoms with Gasteiger partial charge in [0.15, 0.2) is 0 Å². The Kier molecular flexibility index (Phi) is 6.92. The second-order valence-electron chi connectivity index (χ2n) is 8.16. The number of alkyl halides is 3. The molecular weight excluding hydrogens is 471 g/mol. The van der Waals surface area contributed by atoms with Crippen molar-refractivity contribution in [2.24, 2.45) is 7.05 Å². The first kappa shape index (κ1) is 23.8. The highest BCUT2D eigenvalue weighted by atomic mass is 35.5. The molecule has 1 aliphatic rings. The van der Waals surface area contributed by atoms with Crippen LogP contribution in [-0.2, 0) is 11.8 Å². The van der Waals surface area contributed by atoms with Crippen LogP contribution < -0.4 is 16.0 Å². The number of hydrogen-bond acceptors (Lipinski definition) is 6. The topological polar surface area (TPSA) is 96.8 Å². The molecule has 0 unspecified atom stereocenters. The Morgan fingerprint density at radius 3 is 2.53 bits per heavy atom. The number of carbonyl (C=O) groups is 1. The fraction of sp³-hybridized carbons (Fsp3) is 0.364. The monoisotopic (exact) mass is 493 g/mol. The highest BCUT2D eigenvalue weighted by molar-refractivity contribution is 6.30. The van der Waals surface area contributed by atoms with E-state index in [1.54, 1.807) is 29.2 Å². The molecule has 1 fully saturated rings. The number of aromatic nitrogens is 4. The van der Waals surface area contributed by atoms with Gasteiger partial charge in [0.1, 0.15) is 5.82 Å². The van der Waals surface area contributed by atoms with E-state index in [-0.39, 0.29) is 6.04 Å². The lowest BCUT2D eigenvalue weighted by Gasteiger charge is -2.30. The van der Waals surface area contributed by atoms with E-state index in [0.717, 1.165) is 16.8 Å². The van der Waals surface area contributed by atoms with Crippen LogP contribution in [0.3, 0.4) is 0 Å². The van der Waals surface area contributed by atoms with E-state index in [0.29, 0.717) is 42.5 Å². The summed E-state index contributed by atoms with van der Waals surface area (Å²) < 4.78 is 39.3. The van der Waals surface area contributed by atoms with Gasteiger partial charge in [-0.15, -0.1) is 0 Å². The molecule has 1 saturated carbocycles. The molecule has 0 radical (unpaired) electrons. The van der Waals surface area contributed by atoms with Crippen molar-refractivity contribution >= 4 is 35.0 Å². The molecule has 0 atom stereocenters. The fourth-order valence-corrected chi connectivity index (χ4v) is 4.05. The quantitative estimate of drug-likeness (QED) is 0.461. The van der Waals surface area contributed by atoms with Gasteiger partial charge in [-0.2, -0.15) is 23.3 Å². The number of halogens is 4. The summed E-state index contributed by atoms with van der Waals surface area (Å²) >= 11 is 6.06. The van der Waals surface area contributed by atoms with Crippen LogP contribution >= 0.6 is 11.6 Å². The third-order valence-electron chi connectivity index (χ3n) is 5.55. The third-order valence-corrected chi connectivity index (χ3v) is 5.78. The van der Waals surface area contributed by atoms with Crippen molar-refractivity contribution in [1.82, 2.24) is 25.1 Å². The molecule has 1 aliphatic carbocycles. The Balaban J connectivity index is 1.49. The molecule has 1 amide bonds. The van der Waals surface area contributed by atoms with E-state index < -0.39 is 18.1 Å². The molecule has 8 nitrogen and oxygen atoms in total. The van der Waals surface area contributed by atoms with Crippen LogP contribution in [0.2, 0.25) is 5.02 Å². The predicted molar refractivity (Wildman–Crippen MR) is 123 cm³/mol. The van der Waals surface area contributed by atoms with Crippen LogP contribution in [0.5, 0.6) is 0 Å². The molecule has 3 N–H and O–H groups in total. The van der Waals surface area contributed by atoms with Crippen molar-refractivity contribution in [3.05, 3.63) is 47.9 Å². The number of hydrogen-bond donors (Lipinski definition) is 3. The Labute approximate surface area is 198 Å². The van der Waals surface area contributed by atoms with Crippen molar-refractivity contribution < 1.29 is 18.0 Å². The Morgan fingerprint density at radius 1 is 1.15 bits per heavy atom. The van der Waals surface area contributed by atoms with E-state index in [2.05, 4.69) is 31.0 Å². The van der Waals surface area contributed by atoms with Gasteiger partial charge in [0.2, 0.25) is 5.95 Å². The average Bonchev–Trinajstić information content (AvgIpc) is 3.21. The summed E-state index contributed by atoms with van der Waals surface area (Å²) in [5.41, 5.74) is 2.30. The number of carbonyl (C=O) groups excluding carboxylic acids is 1. The van der Waals surface area contributed by atoms with Gasteiger partial charge in [0.05, 0.1) is 6.20 Å². The zero-order valence-corrected chi connectivity index (χ0v) is 19.0. The van der Waals surface area contributed by atoms with Gasteiger partial charge in [0, 0.05) is 53.4 Å². The van der Waals surface area contributed by atoms with Crippen molar-refractivity contribution in [2.45, 2.75) is 43.9 Å². The number of nitrogens with one attached hydrogen (secondary N) is 3. The molecule has 0 bridgehead atoms. The number of nitrogens with zero attached hydrogens (tertiary/aromatic N) is 4. The SMILES string of the molecule is Cn1cc(-c2cnc(Nc3cccc(Cl)c3)nc2N[C@H]2CC[C@@H](NC(=O)C(F)(F)F)CC2)cn1. The van der Waals surface area contributed by atoms with Crippen molar-refractivity contribution in [3.8, 4) is 11.1 Å². The van der Waals surface area contributed by atoms with Crippen molar-refractivity contribution in [2.75, 3.05) is 10.6 Å². The van der Waals surface area contributed by atoms with Gasteiger partial charge in [-0.3, -0.25) is 9.48 Å². The highest BCUT2D eigenvalue weighted by Crippen LogP contribution is 2.30. The second-order valence-corrected chi connectivity index (χ2v) is 8.59. The van der Waals surface area contributed by atoms with Gasteiger partial charge in [-0.05, 0) is 43.9 Å². The Hall–Kier alpha value is -3.34. The molecule has 2 heterocycles. The largest absolute Gasteiger partial charge is 0.471 e. The summed E-state index contributed by atoms with van der Waals surface area (Å²) in [4.78, 5) is 20.3. The molecule has 12 heteroatoms. The molecule has 0 saturated heterocycles. The van der Waals surface area contributed by atoms with Crippen LogP contribution in [0.15, 0.2) is 42.9 Å². The molecule has 34 heavy (non-hydrogen) atoms. The molecule has 3 aromatic rings. The number of aryl methyl sites for hydroxylation is 1. The van der Waals surface area contributed by atoms with E-state index in [1.165, 1.54) is 0 Å². The zero-order chi connectivity index (χ0) is 24.3. The summed E-state index contributed by atoms with van der Waals surface area (Å²) in [7, 11) is 1.81. The van der Waals surface area contributed by atoms with Gasteiger partial charge in [0.25, 0.3) is 0 Å². The van der Waals surface area contributed by atoms with Crippen molar-refractivity contribution in [1.29, 1.82) is 0 Å². The molecule has 180 valence electrons. The molecule has 4 rings (SSSR count). The second kappa shape index (κ2) is 9.88. The number of rotatable bonds is 6. The maximum Gasteiger partial charge on any atom is 0.471 e. The molecule has 0 aliphatic heterocycles. The first-order chi connectivity index (χ1) is 16.2. The Morgan fingerprint density at radius 2 is 1.88 bits per heavy atom. The Bertz CT molecular complexity index is 1160. The summed E-state index contributed by atoms with van der Waals surface area (Å²) in [5, 5.41) is 13.4. The van der Waals surface area contributed by atoms with Gasteiger partial charge < -0.3 is 16.0 Å². The molecular formula is C22H23ClF3N7O. The smallest absolute Gasteiger partial charge is 0.367 e. The number of benzene rings is 1. The standard InChI is InChI=1S/C22H23ClF3N7O/c1-33-12-13(10-28-33)18-11-27-21(31-17-4-2-3-14(23)9-17)32-19(18)29-15-5-7-16(8-6-15)30-20(34)22(24,25)26/h2-4,9-12,15-16H,5-8H2,1H3,(H,30,34)(H2,27,29,31,32)/t15-,16+. The normalized spacial score (nSPS) is 18.4. The van der Waals surface area contributed by atoms with E-state index in [1.807, 2.05) is 25.4 Å². The lowest BCUT2D eigenvalue weighted by atomic mass is 9.91. The maximum absolute atomic E-state index is 12.5. The molecule has 2 aromatic heterocycles. The minimum absolute atomic E-state index is 0.0246. The summed E-state index contributed by atoms with van der Waals surface area (Å²) in [5.74, 6) is -0.950. The average molecular weight is 494 g/mol. The summed E-state index contributed by atoms with van der Waals surface area (Å²) in [6.45, 7) is 0. The van der Waals surface area contributed by atoms with E-state index in [4.69, 9.17) is 11.6 Å². The summed E-state index contributed by atoms with van der Waals surface area (Å²) in [6, 6.07) is 6.64. The van der Waals surface area contributed by atoms with Gasteiger partial charge >= 0.3 is 12.1 Å². The minimum atomic E-state index is -4.87. The van der Waals surface area contributed by atoms with Crippen LogP contribution in [-0.4, -0.2) is 43.9 Å². The fourth-order valence-electron chi connectivity index (χ4n) is 3.86. The van der Waals surface area contributed by atoms with Crippen LogP contribution in [0.4, 0.5) is 30.6 Å². The first-order valence-corrected chi connectivity index (χ1v) is 11.1.